The summed E-state index contributed by atoms with van der Waals surface area (Å²) < 4.78 is 27.6. The van der Waals surface area contributed by atoms with Crippen molar-refractivity contribution < 1.29 is 18.7 Å². The van der Waals surface area contributed by atoms with Crippen LogP contribution in [0.2, 0.25) is 0 Å². The van der Waals surface area contributed by atoms with Crippen LogP contribution in [0.1, 0.15) is 41.3 Å². The minimum Gasteiger partial charge on any atom is -0.545 e. The Balaban J connectivity index is 2.60. The molecule has 3 nitrogen and oxygen atoms in total. The number of halogens is 2. The van der Waals surface area contributed by atoms with E-state index in [9.17, 15) is 18.7 Å². The van der Waals surface area contributed by atoms with Gasteiger partial charge in [0.25, 0.3) is 0 Å². The molecule has 118 valence electrons. The van der Waals surface area contributed by atoms with E-state index in [0.29, 0.717) is 0 Å². The highest BCUT2D eigenvalue weighted by molar-refractivity contribution is 5.95. The Hall–Kier alpha value is -2.74. The Morgan fingerprint density at radius 1 is 1.22 bits per heavy atom. The molecule has 0 N–H and O–H groups in total. The number of carbonyl (C=O) groups is 1. The minimum atomic E-state index is -1.42. The summed E-state index contributed by atoms with van der Waals surface area (Å²) in [7, 11) is 0. The van der Waals surface area contributed by atoms with Gasteiger partial charge in [-0.15, -0.1) is 0 Å². The zero-order valence-electron chi connectivity index (χ0n) is 12.5. The van der Waals surface area contributed by atoms with Gasteiger partial charge in [-0.1, -0.05) is 31.5 Å². The van der Waals surface area contributed by atoms with Gasteiger partial charge < -0.3 is 9.90 Å². The predicted octanol–water partition coefficient (Wildman–Crippen LogP) is 3.21. The molecular weight excluding hydrogens is 300 g/mol. The number of hydrogen-bond acceptors (Lipinski definition) is 3. The molecule has 0 saturated carbocycles. The topological polar surface area (TPSA) is 63.9 Å². The van der Waals surface area contributed by atoms with Crippen LogP contribution in [0.3, 0.4) is 0 Å². The van der Waals surface area contributed by atoms with Crippen LogP contribution < -0.4 is 5.11 Å². The molecule has 5 heteroatoms. The maximum absolute atomic E-state index is 13.8. The first-order valence-electron chi connectivity index (χ1n) is 7.21. The van der Waals surface area contributed by atoms with Gasteiger partial charge in [0.2, 0.25) is 0 Å². The van der Waals surface area contributed by atoms with Crippen molar-refractivity contribution in [3.05, 3.63) is 58.7 Å². The van der Waals surface area contributed by atoms with Crippen LogP contribution in [0.25, 0.3) is 11.1 Å². The number of nitriles is 1. The fraction of sp³-hybridized carbons (Fsp3) is 0.222. The highest BCUT2D eigenvalue weighted by Crippen LogP contribution is 2.28. The van der Waals surface area contributed by atoms with Crippen molar-refractivity contribution in [3.63, 3.8) is 0 Å². The first-order chi connectivity index (χ1) is 11.0. The number of rotatable bonds is 5. The summed E-state index contributed by atoms with van der Waals surface area (Å²) in [6, 6.07) is 8.02. The second kappa shape index (κ2) is 7.01. The lowest BCUT2D eigenvalue weighted by Crippen LogP contribution is -2.23. The Morgan fingerprint density at radius 2 is 1.87 bits per heavy atom. The first-order valence-corrected chi connectivity index (χ1v) is 7.21. The van der Waals surface area contributed by atoms with Crippen LogP contribution in [-0.4, -0.2) is 5.97 Å². The monoisotopic (exact) mass is 314 g/mol. The second-order valence-corrected chi connectivity index (χ2v) is 5.20. The molecule has 0 amide bonds. The molecule has 0 aliphatic carbocycles. The number of carboxylic acid groups (broad SMARTS) is 1. The summed E-state index contributed by atoms with van der Waals surface area (Å²) >= 11 is 0. The third kappa shape index (κ3) is 3.54. The van der Waals surface area contributed by atoms with Crippen molar-refractivity contribution in [3.8, 4) is 17.2 Å². The van der Waals surface area contributed by atoms with Gasteiger partial charge in [0, 0.05) is 5.56 Å². The molecule has 0 aromatic heterocycles. The van der Waals surface area contributed by atoms with Gasteiger partial charge in [-0.05, 0) is 41.7 Å². The lowest BCUT2D eigenvalue weighted by atomic mass is 9.94. The molecule has 0 unspecified atom stereocenters. The number of benzene rings is 2. The lowest BCUT2D eigenvalue weighted by Gasteiger charge is -2.13. The van der Waals surface area contributed by atoms with E-state index < -0.39 is 23.2 Å². The van der Waals surface area contributed by atoms with E-state index in [4.69, 9.17) is 5.26 Å². The molecule has 2 aromatic rings. The number of carboxylic acids is 1. The zero-order valence-corrected chi connectivity index (χ0v) is 12.5. The molecular formula is C18H14F2NO2-. The number of carbonyl (C=O) groups excluding carboxylic acids is 1. The Bertz CT molecular complexity index is 771. The van der Waals surface area contributed by atoms with E-state index >= 15 is 0 Å². The summed E-state index contributed by atoms with van der Waals surface area (Å²) in [4.78, 5) is 11.3. The highest BCUT2D eigenvalue weighted by atomic mass is 19.1. The zero-order chi connectivity index (χ0) is 17.0. The Kier molecular flexibility index (Phi) is 5.07. The molecule has 23 heavy (non-hydrogen) atoms. The van der Waals surface area contributed by atoms with E-state index in [1.807, 2.05) is 6.92 Å². The third-order valence-corrected chi connectivity index (χ3v) is 3.59. The van der Waals surface area contributed by atoms with Gasteiger partial charge in [0.05, 0.1) is 5.97 Å². The number of hydrogen-bond donors (Lipinski definition) is 0. The average molecular weight is 314 g/mol. The predicted molar refractivity (Wildman–Crippen MR) is 79.5 cm³/mol. The Morgan fingerprint density at radius 3 is 2.39 bits per heavy atom. The van der Waals surface area contributed by atoms with Crippen LogP contribution >= 0.6 is 0 Å². The standard InChI is InChI=1S/C18H15F2NO2/c1-2-3-4-11-5-6-13(18(22)23)14(7-11)12-8-16(19)15(10-21)17(20)9-12/h5-9H,2-4H2,1H3,(H,22,23)/p-1. The van der Waals surface area contributed by atoms with Crippen molar-refractivity contribution >= 4 is 5.97 Å². The van der Waals surface area contributed by atoms with Gasteiger partial charge in [-0.25, -0.2) is 8.78 Å². The number of aryl methyl sites for hydroxylation is 1. The molecule has 0 fully saturated rings. The molecule has 0 radical (unpaired) electrons. The van der Waals surface area contributed by atoms with Gasteiger partial charge in [0.15, 0.2) is 0 Å². The van der Waals surface area contributed by atoms with E-state index in [-0.39, 0.29) is 16.7 Å². The maximum atomic E-state index is 13.8. The fourth-order valence-corrected chi connectivity index (χ4v) is 2.38. The van der Waals surface area contributed by atoms with Crippen LogP contribution in [0.15, 0.2) is 30.3 Å². The summed E-state index contributed by atoms with van der Waals surface area (Å²) in [5.41, 5.74) is 0.286. The van der Waals surface area contributed by atoms with E-state index in [1.165, 1.54) is 12.1 Å². The van der Waals surface area contributed by atoms with Gasteiger partial charge >= 0.3 is 0 Å². The maximum Gasteiger partial charge on any atom is 0.144 e. The second-order valence-electron chi connectivity index (χ2n) is 5.20. The summed E-state index contributed by atoms with van der Waals surface area (Å²) in [6.07, 6.45) is 2.62. The van der Waals surface area contributed by atoms with Crippen LogP contribution in [-0.2, 0) is 6.42 Å². The molecule has 2 aromatic carbocycles. The summed E-state index contributed by atoms with van der Waals surface area (Å²) in [5.74, 6) is -3.47. The summed E-state index contributed by atoms with van der Waals surface area (Å²) in [6.45, 7) is 2.03. The molecule has 0 aliphatic rings. The van der Waals surface area contributed by atoms with E-state index in [2.05, 4.69) is 0 Å². The molecule has 0 aliphatic heterocycles. The fourth-order valence-electron chi connectivity index (χ4n) is 2.38. The molecule has 2 rings (SSSR count). The average Bonchev–Trinajstić information content (AvgIpc) is 2.52. The number of aromatic carboxylic acids is 1. The van der Waals surface area contributed by atoms with Crippen molar-refractivity contribution in [2.75, 3.05) is 0 Å². The minimum absolute atomic E-state index is 0.0662. The first kappa shape index (κ1) is 16.6. The molecule has 0 heterocycles. The van der Waals surface area contributed by atoms with E-state index in [1.54, 1.807) is 12.1 Å². The van der Waals surface area contributed by atoms with Gasteiger partial charge in [-0.2, -0.15) is 5.26 Å². The quantitative estimate of drug-likeness (QED) is 0.851. The smallest absolute Gasteiger partial charge is 0.144 e. The lowest BCUT2D eigenvalue weighted by molar-refractivity contribution is -0.254. The number of nitrogens with zero attached hydrogens (tertiary/aromatic N) is 1. The molecule has 0 atom stereocenters. The highest BCUT2D eigenvalue weighted by Gasteiger charge is 2.14. The van der Waals surface area contributed by atoms with Crippen molar-refractivity contribution in [1.82, 2.24) is 0 Å². The van der Waals surface area contributed by atoms with Crippen molar-refractivity contribution in [1.29, 1.82) is 5.26 Å². The van der Waals surface area contributed by atoms with E-state index in [0.717, 1.165) is 37.0 Å². The Labute approximate surface area is 132 Å². The van der Waals surface area contributed by atoms with Crippen molar-refractivity contribution in [2.45, 2.75) is 26.2 Å². The van der Waals surface area contributed by atoms with Crippen LogP contribution in [0.5, 0.6) is 0 Å². The molecule has 0 spiro atoms. The normalized spacial score (nSPS) is 10.3. The van der Waals surface area contributed by atoms with Gasteiger partial charge in [-0.3, -0.25) is 0 Å². The molecule has 0 saturated heterocycles. The van der Waals surface area contributed by atoms with Gasteiger partial charge in [0.1, 0.15) is 23.3 Å². The summed E-state index contributed by atoms with van der Waals surface area (Å²) in [5, 5.41) is 20.0. The van der Waals surface area contributed by atoms with Crippen LogP contribution in [0.4, 0.5) is 8.78 Å². The van der Waals surface area contributed by atoms with Crippen molar-refractivity contribution in [2.24, 2.45) is 0 Å². The third-order valence-electron chi connectivity index (χ3n) is 3.59. The SMILES string of the molecule is CCCCc1ccc(C(=O)[O-])c(-c2cc(F)c(C#N)c(F)c2)c1. The largest absolute Gasteiger partial charge is 0.545 e. The van der Waals surface area contributed by atoms with Crippen LogP contribution in [0, 0.1) is 23.0 Å². The molecule has 0 bridgehead atoms. The number of unbranched alkanes of at least 4 members (excludes halogenated alkanes) is 1.